The number of aryl methyl sites for hydroxylation is 1. The standard InChI is InChI=1S/C18H20ClN5O/c1-3-16(23-9-5-8-20-23)18(25)22-17-13(2)11-21-24(17)12-14-6-4-7-15(19)10-14/h4-11,16H,3,12H2,1-2H3,(H,22,25)/t16-/m0/s1. The molecule has 130 valence electrons. The Labute approximate surface area is 151 Å². The van der Waals surface area contributed by atoms with Crippen molar-refractivity contribution in [2.45, 2.75) is 32.9 Å². The summed E-state index contributed by atoms with van der Waals surface area (Å²) in [4.78, 5) is 12.7. The Morgan fingerprint density at radius 2 is 2.16 bits per heavy atom. The second kappa shape index (κ2) is 7.53. The molecule has 2 heterocycles. The Morgan fingerprint density at radius 3 is 2.84 bits per heavy atom. The van der Waals surface area contributed by atoms with Crippen molar-refractivity contribution in [1.29, 1.82) is 0 Å². The van der Waals surface area contributed by atoms with Crippen molar-refractivity contribution in [3.05, 3.63) is 65.1 Å². The number of rotatable bonds is 6. The first-order chi connectivity index (χ1) is 12.1. The molecular formula is C18H20ClN5O. The molecule has 0 aliphatic heterocycles. The minimum absolute atomic E-state index is 0.109. The van der Waals surface area contributed by atoms with E-state index in [2.05, 4.69) is 15.5 Å². The first-order valence-corrected chi connectivity index (χ1v) is 8.53. The van der Waals surface area contributed by atoms with E-state index < -0.39 is 0 Å². The number of amides is 1. The summed E-state index contributed by atoms with van der Waals surface area (Å²) in [7, 11) is 0. The van der Waals surface area contributed by atoms with Gasteiger partial charge in [0.1, 0.15) is 11.9 Å². The van der Waals surface area contributed by atoms with Gasteiger partial charge >= 0.3 is 0 Å². The summed E-state index contributed by atoms with van der Waals surface area (Å²) < 4.78 is 3.44. The molecule has 0 radical (unpaired) electrons. The maximum atomic E-state index is 12.7. The van der Waals surface area contributed by atoms with E-state index in [0.29, 0.717) is 23.8 Å². The maximum Gasteiger partial charge on any atom is 0.250 e. The molecule has 3 aromatic rings. The molecule has 0 aliphatic carbocycles. The quantitative estimate of drug-likeness (QED) is 0.731. The highest BCUT2D eigenvalue weighted by Crippen LogP contribution is 2.20. The molecule has 1 atom stereocenters. The van der Waals surface area contributed by atoms with Crippen LogP contribution in [0.3, 0.4) is 0 Å². The third-order valence-electron chi connectivity index (χ3n) is 4.02. The topological polar surface area (TPSA) is 64.7 Å². The van der Waals surface area contributed by atoms with E-state index in [1.54, 1.807) is 28.0 Å². The third-order valence-corrected chi connectivity index (χ3v) is 4.25. The Hall–Kier alpha value is -2.60. The van der Waals surface area contributed by atoms with Gasteiger partial charge in [0.05, 0.1) is 12.7 Å². The Morgan fingerprint density at radius 1 is 1.32 bits per heavy atom. The molecule has 0 saturated heterocycles. The van der Waals surface area contributed by atoms with Gasteiger partial charge < -0.3 is 5.32 Å². The molecule has 1 aromatic carbocycles. The van der Waals surface area contributed by atoms with Crippen LogP contribution in [0, 0.1) is 6.92 Å². The second-order valence-corrected chi connectivity index (χ2v) is 6.30. The fourth-order valence-electron chi connectivity index (χ4n) is 2.73. The molecule has 0 fully saturated rings. The molecule has 0 spiro atoms. The minimum atomic E-state index is -0.357. The number of nitrogens with zero attached hydrogens (tertiary/aromatic N) is 4. The SMILES string of the molecule is CC[C@@H](C(=O)Nc1c(C)cnn1Cc1cccc(Cl)c1)n1cccn1. The van der Waals surface area contributed by atoms with Crippen LogP contribution in [0.1, 0.15) is 30.5 Å². The lowest BCUT2D eigenvalue weighted by Gasteiger charge is -2.17. The van der Waals surface area contributed by atoms with E-state index in [0.717, 1.165) is 11.1 Å². The summed E-state index contributed by atoms with van der Waals surface area (Å²) in [5.41, 5.74) is 1.93. The lowest BCUT2D eigenvalue weighted by atomic mass is 10.2. The number of hydrogen-bond donors (Lipinski definition) is 1. The fraction of sp³-hybridized carbons (Fsp3) is 0.278. The smallest absolute Gasteiger partial charge is 0.250 e. The van der Waals surface area contributed by atoms with Crippen LogP contribution in [0.2, 0.25) is 5.02 Å². The third kappa shape index (κ3) is 3.91. The van der Waals surface area contributed by atoms with Crippen LogP contribution in [0.15, 0.2) is 48.9 Å². The van der Waals surface area contributed by atoms with Crippen LogP contribution in [0.5, 0.6) is 0 Å². The summed E-state index contributed by atoms with van der Waals surface area (Å²) in [6, 6.07) is 9.05. The zero-order valence-corrected chi connectivity index (χ0v) is 14.9. The molecule has 0 saturated carbocycles. The van der Waals surface area contributed by atoms with Crippen molar-refractivity contribution in [3.63, 3.8) is 0 Å². The molecule has 0 bridgehead atoms. The Bertz CT molecular complexity index is 856. The van der Waals surface area contributed by atoms with Gasteiger partial charge in [-0.05, 0) is 37.1 Å². The summed E-state index contributed by atoms with van der Waals surface area (Å²) in [6.07, 6.45) is 5.86. The average molecular weight is 358 g/mol. The molecule has 6 nitrogen and oxygen atoms in total. The summed E-state index contributed by atoms with van der Waals surface area (Å²) >= 11 is 6.05. The predicted octanol–water partition coefficient (Wildman–Crippen LogP) is 3.68. The van der Waals surface area contributed by atoms with Gasteiger partial charge in [-0.2, -0.15) is 10.2 Å². The number of carbonyl (C=O) groups is 1. The number of anilines is 1. The van der Waals surface area contributed by atoms with E-state index in [1.165, 1.54) is 0 Å². The van der Waals surface area contributed by atoms with Gasteiger partial charge in [-0.25, -0.2) is 4.68 Å². The molecular weight excluding hydrogens is 338 g/mol. The van der Waals surface area contributed by atoms with Gasteiger partial charge in [0.15, 0.2) is 0 Å². The lowest BCUT2D eigenvalue weighted by Crippen LogP contribution is -2.27. The molecule has 1 N–H and O–H groups in total. The van der Waals surface area contributed by atoms with Crippen LogP contribution >= 0.6 is 11.6 Å². The number of aromatic nitrogens is 4. The fourth-order valence-corrected chi connectivity index (χ4v) is 2.94. The molecule has 7 heteroatoms. The van der Waals surface area contributed by atoms with Crippen molar-refractivity contribution in [2.24, 2.45) is 0 Å². The van der Waals surface area contributed by atoms with Crippen LogP contribution in [-0.4, -0.2) is 25.5 Å². The largest absolute Gasteiger partial charge is 0.309 e. The molecule has 1 amide bonds. The number of carbonyl (C=O) groups excluding carboxylic acids is 1. The predicted molar refractivity (Wildman–Crippen MR) is 97.7 cm³/mol. The highest BCUT2D eigenvalue weighted by atomic mass is 35.5. The van der Waals surface area contributed by atoms with Crippen molar-refractivity contribution >= 4 is 23.3 Å². The van der Waals surface area contributed by atoms with Gasteiger partial charge in [-0.15, -0.1) is 0 Å². The van der Waals surface area contributed by atoms with E-state index >= 15 is 0 Å². The van der Waals surface area contributed by atoms with Crippen molar-refractivity contribution in [2.75, 3.05) is 5.32 Å². The summed E-state index contributed by atoms with van der Waals surface area (Å²) in [5, 5.41) is 12.2. The van der Waals surface area contributed by atoms with E-state index in [-0.39, 0.29) is 11.9 Å². The van der Waals surface area contributed by atoms with E-state index in [9.17, 15) is 4.79 Å². The number of nitrogens with one attached hydrogen (secondary N) is 1. The number of benzene rings is 1. The van der Waals surface area contributed by atoms with E-state index in [1.807, 2.05) is 44.2 Å². The van der Waals surface area contributed by atoms with Crippen LogP contribution in [-0.2, 0) is 11.3 Å². The molecule has 2 aromatic heterocycles. The zero-order valence-electron chi connectivity index (χ0n) is 14.2. The number of hydrogen-bond acceptors (Lipinski definition) is 3. The van der Waals surface area contributed by atoms with Crippen LogP contribution in [0.4, 0.5) is 5.82 Å². The Balaban J connectivity index is 1.80. The molecule has 0 aliphatic rings. The monoisotopic (exact) mass is 357 g/mol. The summed E-state index contributed by atoms with van der Waals surface area (Å²) in [6.45, 7) is 4.41. The minimum Gasteiger partial charge on any atom is -0.309 e. The molecule has 25 heavy (non-hydrogen) atoms. The normalized spacial score (nSPS) is 12.1. The van der Waals surface area contributed by atoms with Crippen LogP contribution < -0.4 is 5.32 Å². The van der Waals surface area contributed by atoms with Crippen molar-refractivity contribution in [3.8, 4) is 0 Å². The van der Waals surface area contributed by atoms with E-state index in [4.69, 9.17) is 11.6 Å². The van der Waals surface area contributed by atoms with Gasteiger partial charge in [0, 0.05) is 23.0 Å². The lowest BCUT2D eigenvalue weighted by molar-refractivity contribution is -0.119. The van der Waals surface area contributed by atoms with Gasteiger partial charge in [0.25, 0.3) is 0 Å². The molecule has 3 rings (SSSR count). The van der Waals surface area contributed by atoms with Crippen molar-refractivity contribution < 1.29 is 4.79 Å². The maximum absolute atomic E-state index is 12.7. The first kappa shape index (κ1) is 17.2. The van der Waals surface area contributed by atoms with Gasteiger partial charge in [0.2, 0.25) is 5.91 Å². The first-order valence-electron chi connectivity index (χ1n) is 8.15. The molecule has 0 unspecified atom stereocenters. The summed E-state index contributed by atoms with van der Waals surface area (Å²) in [5.74, 6) is 0.581. The van der Waals surface area contributed by atoms with Crippen LogP contribution in [0.25, 0.3) is 0 Å². The number of halogens is 1. The zero-order chi connectivity index (χ0) is 17.8. The van der Waals surface area contributed by atoms with Gasteiger partial charge in [-0.3, -0.25) is 9.48 Å². The highest BCUT2D eigenvalue weighted by Gasteiger charge is 2.21. The average Bonchev–Trinajstić information content (AvgIpc) is 3.21. The second-order valence-electron chi connectivity index (χ2n) is 5.86. The van der Waals surface area contributed by atoms with Gasteiger partial charge in [-0.1, -0.05) is 30.7 Å². The Kier molecular flexibility index (Phi) is 5.19. The van der Waals surface area contributed by atoms with Crippen molar-refractivity contribution in [1.82, 2.24) is 19.6 Å². The highest BCUT2D eigenvalue weighted by molar-refractivity contribution is 6.30.